The molecule has 1 fully saturated rings. The Labute approximate surface area is 78.0 Å². The van der Waals surface area contributed by atoms with Crippen LogP contribution in [0.2, 0.25) is 0 Å². The number of benzene rings is 1. The van der Waals surface area contributed by atoms with Gasteiger partial charge in [-0.15, -0.1) is 0 Å². The quantitative estimate of drug-likeness (QED) is 0.752. The van der Waals surface area contributed by atoms with Crippen LogP contribution in [0.5, 0.6) is 0 Å². The minimum Gasteiger partial charge on any atom is -0.307 e. The lowest BCUT2D eigenvalue weighted by molar-refractivity contribution is 0.568. The van der Waals surface area contributed by atoms with E-state index in [-0.39, 0.29) is 5.82 Å². The van der Waals surface area contributed by atoms with Gasteiger partial charge in [-0.2, -0.15) is 0 Å². The van der Waals surface area contributed by atoms with Crippen molar-refractivity contribution in [3.05, 3.63) is 35.6 Å². The maximum atomic E-state index is 12.6. The fourth-order valence-electron chi connectivity index (χ4n) is 1.45. The normalized spacial score (nSPS) is 18.6. The Hall–Kier alpha value is -0.890. The Balaban J connectivity index is 2.01. The molecule has 1 saturated carbocycles. The van der Waals surface area contributed by atoms with Crippen LogP contribution in [0, 0.1) is 5.82 Å². The van der Waals surface area contributed by atoms with Gasteiger partial charge in [0.25, 0.3) is 0 Å². The number of halogens is 1. The molecule has 0 aromatic heterocycles. The summed E-state index contributed by atoms with van der Waals surface area (Å²) in [7, 11) is 0. The van der Waals surface area contributed by atoms with Crippen molar-refractivity contribution in [1.29, 1.82) is 0 Å². The van der Waals surface area contributed by atoms with Gasteiger partial charge in [-0.05, 0) is 37.5 Å². The van der Waals surface area contributed by atoms with E-state index in [2.05, 4.69) is 12.2 Å². The van der Waals surface area contributed by atoms with E-state index in [4.69, 9.17) is 0 Å². The van der Waals surface area contributed by atoms with E-state index in [1.54, 1.807) is 0 Å². The smallest absolute Gasteiger partial charge is 0.123 e. The van der Waals surface area contributed by atoms with Crippen LogP contribution >= 0.6 is 0 Å². The minimum absolute atomic E-state index is 0.164. The van der Waals surface area contributed by atoms with Gasteiger partial charge in [0.2, 0.25) is 0 Å². The molecule has 1 N–H and O–H groups in total. The molecule has 1 aromatic carbocycles. The molecule has 0 unspecified atom stereocenters. The lowest BCUT2D eigenvalue weighted by Gasteiger charge is -2.13. The molecule has 1 aliphatic rings. The highest BCUT2D eigenvalue weighted by Crippen LogP contribution is 2.23. The summed E-state index contributed by atoms with van der Waals surface area (Å²) in [4.78, 5) is 0. The highest BCUT2D eigenvalue weighted by Gasteiger charge is 2.22. The van der Waals surface area contributed by atoms with Crippen molar-refractivity contribution < 1.29 is 4.39 Å². The van der Waals surface area contributed by atoms with Gasteiger partial charge < -0.3 is 5.32 Å². The first-order valence-electron chi connectivity index (χ1n) is 4.77. The fraction of sp³-hybridized carbons (Fsp3) is 0.455. The van der Waals surface area contributed by atoms with E-state index in [1.807, 2.05) is 12.1 Å². The van der Waals surface area contributed by atoms with Crippen LogP contribution < -0.4 is 5.32 Å². The topological polar surface area (TPSA) is 12.0 Å². The molecule has 0 aliphatic heterocycles. The van der Waals surface area contributed by atoms with E-state index >= 15 is 0 Å². The van der Waals surface area contributed by atoms with Crippen molar-refractivity contribution in [2.75, 3.05) is 0 Å². The van der Waals surface area contributed by atoms with Gasteiger partial charge >= 0.3 is 0 Å². The Kier molecular flexibility index (Phi) is 2.32. The van der Waals surface area contributed by atoms with Gasteiger partial charge in [0.1, 0.15) is 5.82 Å². The maximum Gasteiger partial charge on any atom is 0.123 e. The molecule has 1 aromatic rings. The van der Waals surface area contributed by atoms with E-state index in [1.165, 1.54) is 25.0 Å². The van der Waals surface area contributed by atoms with E-state index in [0.717, 1.165) is 5.56 Å². The largest absolute Gasteiger partial charge is 0.307 e. The highest BCUT2D eigenvalue weighted by molar-refractivity contribution is 5.19. The summed E-state index contributed by atoms with van der Waals surface area (Å²) in [5.74, 6) is -0.164. The van der Waals surface area contributed by atoms with E-state index < -0.39 is 0 Å². The molecule has 1 nitrogen and oxygen atoms in total. The number of hydrogen-bond acceptors (Lipinski definition) is 1. The predicted octanol–water partition coefficient (Wildman–Crippen LogP) is 2.64. The summed E-state index contributed by atoms with van der Waals surface area (Å²) in [5, 5.41) is 3.47. The minimum atomic E-state index is -0.164. The number of hydrogen-bond donors (Lipinski definition) is 1. The molecule has 0 amide bonds. The number of nitrogens with one attached hydrogen (secondary N) is 1. The van der Waals surface area contributed by atoms with Gasteiger partial charge in [0.15, 0.2) is 0 Å². The molecule has 1 atom stereocenters. The third-order valence-corrected chi connectivity index (χ3v) is 2.43. The van der Waals surface area contributed by atoms with Crippen molar-refractivity contribution in [3.8, 4) is 0 Å². The zero-order chi connectivity index (χ0) is 9.26. The molecule has 70 valence electrons. The molecule has 1 aliphatic carbocycles. The van der Waals surface area contributed by atoms with Crippen molar-refractivity contribution >= 4 is 0 Å². The summed E-state index contributed by atoms with van der Waals surface area (Å²) in [6.07, 6.45) is 2.57. The Bertz CT molecular complexity index is 277. The molecule has 0 saturated heterocycles. The molecule has 0 bridgehead atoms. The molecule has 2 rings (SSSR count). The maximum absolute atomic E-state index is 12.6. The molecule has 0 spiro atoms. The molecular formula is C11H14FN. The standard InChI is InChI=1S/C11H14FN/c1-8(13-11-6-7-11)9-2-4-10(12)5-3-9/h2-5,8,11,13H,6-7H2,1H3/t8-/m1/s1. The van der Waals surface area contributed by atoms with Gasteiger partial charge in [0, 0.05) is 12.1 Å². The Morgan fingerprint density at radius 1 is 1.31 bits per heavy atom. The van der Waals surface area contributed by atoms with Gasteiger partial charge in [-0.25, -0.2) is 4.39 Å². The molecular weight excluding hydrogens is 165 g/mol. The molecule has 0 radical (unpaired) electrons. The third kappa shape index (κ3) is 2.28. The van der Waals surface area contributed by atoms with Crippen molar-refractivity contribution in [2.45, 2.75) is 31.8 Å². The van der Waals surface area contributed by atoms with Crippen LogP contribution in [-0.2, 0) is 0 Å². The van der Waals surface area contributed by atoms with E-state index in [0.29, 0.717) is 12.1 Å². The fourth-order valence-corrected chi connectivity index (χ4v) is 1.45. The van der Waals surface area contributed by atoms with Crippen LogP contribution in [0.1, 0.15) is 31.4 Å². The van der Waals surface area contributed by atoms with E-state index in [9.17, 15) is 4.39 Å². The van der Waals surface area contributed by atoms with Crippen LogP contribution in [0.4, 0.5) is 4.39 Å². The summed E-state index contributed by atoms with van der Waals surface area (Å²) >= 11 is 0. The summed E-state index contributed by atoms with van der Waals surface area (Å²) < 4.78 is 12.6. The SMILES string of the molecule is C[C@@H](NC1CC1)c1ccc(F)cc1. The average Bonchev–Trinajstić information content (AvgIpc) is 2.89. The monoisotopic (exact) mass is 179 g/mol. The summed E-state index contributed by atoms with van der Waals surface area (Å²) in [5.41, 5.74) is 1.16. The second-order valence-electron chi connectivity index (χ2n) is 3.71. The molecule has 0 heterocycles. The first-order chi connectivity index (χ1) is 6.25. The third-order valence-electron chi connectivity index (χ3n) is 2.43. The van der Waals surface area contributed by atoms with Crippen LogP contribution in [-0.4, -0.2) is 6.04 Å². The zero-order valence-electron chi connectivity index (χ0n) is 7.76. The Morgan fingerprint density at radius 2 is 1.92 bits per heavy atom. The second-order valence-corrected chi connectivity index (χ2v) is 3.71. The van der Waals surface area contributed by atoms with Crippen molar-refractivity contribution in [3.63, 3.8) is 0 Å². The first kappa shape index (κ1) is 8.70. The summed E-state index contributed by atoms with van der Waals surface area (Å²) in [6.45, 7) is 2.12. The highest BCUT2D eigenvalue weighted by atomic mass is 19.1. The van der Waals surface area contributed by atoms with Gasteiger partial charge in [-0.3, -0.25) is 0 Å². The van der Waals surface area contributed by atoms with Gasteiger partial charge in [0.05, 0.1) is 0 Å². The molecule has 13 heavy (non-hydrogen) atoms. The van der Waals surface area contributed by atoms with Gasteiger partial charge in [-0.1, -0.05) is 12.1 Å². The first-order valence-corrected chi connectivity index (χ1v) is 4.77. The van der Waals surface area contributed by atoms with Crippen LogP contribution in [0.15, 0.2) is 24.3 Å². The zero-order valence-corrected chi connectivity index (χ0v) is 7.76. The number of rotatable bonds is 3. The van der Waals surface area contributed by atoms with Crippen LogP contribution in [0.25, 0.3) is 0 Å². The second kappa shape index (κ2) is 3.46. The average molecular weight is 179 g/mol. The lowest BCUT2D eigenvalue weighted by atomic mass is 10.1. The molecule has 2 heteroatoms. The summed E-state index contributed by atoms with van der Waals surface area (Å²) in [6, 6.07) is 7.75. The predicted molar refractivity (Wildman–Crippen MR) is 51.0 cm³/mol. The lowest BCUT2D eigenvalue weighted by Crippen LogP contribution is -2.20. The van der Waals surface area contributed by atoms with Crippen molar-refractivity contribution in [1.82, 2.24) is 5.32 Å². The van der Waals surface area contributed by atoms with Crippen molar-refractivity contribution in [2.24, 2.45) is 0 Å². The Morgan fingerprint density at radius 3 is 2.46 bits per heavy atom. The van der Waals surface area contributed by atoms with Crippen LogP contribution in [0.3, 0.4) is 0 Å².